The summed E-state index contributed by atoms with van der Waals surface area (Å²) in [5.74, 6) is 2.27. The predicted molar refractivity (Wildman–Crippen MR) is 84.0 cm³/mol. The van der Waals surface area contributed by atoms with Crippen molar-refractivity contribution in [2.45, 2.75) is 32.9 Å². The summed E-state index contributed by atoms with van der Waals surface area (Å²) in [5.41, 5.74) is 6.73. The lowest BCUT2D eigenvalue weighted by atomic mass is 10.1. The predicted octanol–water partition coefficient (Wildman–Crippen LogP) is 2.14. The molecule has 7 heteroatoms. The Hall–Kier alpha value is -2.70. The molecule has 0 amide bonds. The van der Waals surface area contributed by atoms with Crippen LogP contribution in [0.25, 0.3) is 11.4 Å². The van der Waals surface area contributed by atoms with Gasteiger partial charge in [-0.1, -0.05) is 6.92 Å². The summed E-state index contributed by atoms with van der Waals surface area (Å²) in [6, 6.07) is 3.82. The number of nitrogen functional groups attached to an aromatic ring is 1. The fraction of sp³-hybridized carbons (Fsp3) is 0.333. The van der Waals surface area contributed by atoms with Crippen LogP contribution in [0, 0.1) is 0 Å². The second-order valence-electron chi connectivity index (χ2n) is 4.99. The number of hydrogen-bond donors (Lipinski definition) is 1. The Morgan fingerprint density at radius 3 is 2.77 bits per heavy atom. The van der Waals surface area contributed by atoms with Gasteiger partial charge in [-0.3, -0.25) is 0 Å². The molecule has 0 aliphatic rings. The van der Waals surface area contributed by atoms with E-state index in [9.17, 15) is 0 Å². The largest absolute Gasteiger partial charge is 0.384 e. The molecule has 0 bridgehead atoms. The summed E-state index contributed by atoms with van der Waals surface area (Å²) in [6.07, 6.45) is 7.94. The number of aryl methyl sites for hydroxylation is 1. The summed E-state index contributed by atoms with van der Waals surface area (Å²) < 4.78 is 4.03. The fourth-order valence-electron chi connectivity index (χ4n) is 2.65. The molecule has 1 atom stereocenters. The molecule has 3 heterocycles. The summed E-state index contributed by atoms with van der Waals surface area (Å²) in [5, 5.41) is 4.27. The minimum absolute atomic E-state index is 0.0781. The Bertz CT molecular complexity index is 759. The number of pyridine rings is 1. The van der Waals surface area contributed by atoms with Gasteiger partial charge >= 0.3 is 0 Å². The molecule has 0 aromatic carbocycles. The highest BCUT2D eigenvalue weighted by molar-refractivity contribution is 5.59. The van der Waals surface area contributed by atoms with Crippen molar-refractivity contribution in [2.75, 3.05) is 5.73 Å². The minimum Gasteiger partial charge on any atom is -0.384 e. The average Bonchev–Trinajstić information content (AvgIpc) is 3.17. The molecule has 3 rings (SSSR count). The Morgan fingerprint density at radius 1 is 1.18 bits per heavy atom. The van der Waals surface area contributed by atoms with Crippen LogP contribution in [0.15, 0.2) is 37.1 Å². The maximum Gasteiger partial charge on any atom is 0.149 e. The summed E-state index contributed by atoms with van der Waals surface area (Å²) in [4.78, 5) is 13.0. The van der Waals surface area contributed by atoms with E-state index in [0.29, 0.717) is 5.82 Å². The van der Waals surface area contributed by atoms with Gasteiger partial charge in [-0.25, -0.2) is 19.6 Å². The normalized spacial score (nSPS) is 12.5. The molecule has 0 saturated carbocycles. The average molecular weight is 297 g/mol. The van der Waals surface area contributed by atoms with Gasteiger partial charge in [0.25, 0.3) is 0 Å². The van der Waals surface area contributed by atoms with E-state index in [-0.39, 0.29) is 6.04 Å². The standard InChI is InChI=1S/C15H19N7/c1-3-12(15-19-10-20-22(15)4-2)21-8-7-18-14(21)11-5-6-17-13(16)9-11/h5-10,12H,3-4H2,1-2H3,(H2,16,17). The third-order valence-electron chi connectivity index (χ3n) is 3.67. The van der Waals surface area contributed by atoms with Gasteiger partial charge in [-0.05, 0) is 25.5 Å². The molecule has 0 aliphatic carbocycles. The Morgan fingerprint density at radius 2 is 2.05 bits per heavy atom. The first-order valence-electron chi connectivity index (χ1n) is 7.37. The van der Waals surface area contributed by atoms with Gasteiger partial charge in [0.1, 0.15) is 23.8 Å². The SMILES string of the molecule is CCC(c1ncnn1CC)n1ccnc1-c1ccnc(N)c1. The first kappa shape index (κ1) is 14.2. The van der Waals surface area contributed by atoms with Crippen LogP contribution >= 0.6 is 0 Å². The van der Waals surface area contributed by atoms with Crippen LogP contribution < -0.4 is 5.73 Å². The van der Waals surface area contributed by atoms with Gasteiger partial charge in [0.15, 0.2) is 0 Å². The molecule has 1 unspecified atom stereocenters. The second kappa shape index (κ2) is 5.97. The molecular formula is C15H19N7. The number of nitrogens with zero attached hydrogens (tertiary/aromatic N) is 6. The molecule has 114 valence electrons. The lowest BCUT2D eigenvalue weighted by molar-refractivity contribution is 0.490. The van der Waals surface area contributed by atoms with E-state index in [2.05, 4.69) is 38.5 Å². The molecule has 0 saturated heterocycles. The summed E-state index contributed by atoms with van der Waals surface area (Å²) >= 11 is 0. The Balaban J connectivity index is 2.06. The topological polar surface area (TPSA) is 87.4 Å². The Kier molecular flexibility index (Phi) is 3.86. The van der Waals surface area contributed by atoms with Gasteiger partial charge in [0.2, 0.25) is 0 Å². The van der Waals surface area contributed by atoms with Crippen LogP contribution in [-0.4, -0.2) is 29.3 Å². The van der Waals surface area contributed by atoms with Gasteiger partial charge < -0.3 is 10.3 Å². The molecule has 0 fully saturated rings. The quantitative estimate of drug-likeness (QED) is 0.779. The molecule has 7 nitrogen and oxygen atoms in total. The van der Waals surface area contributed by atoms with Crippen molar-refractivity contribution in [3.63, 3.8) is 0 Å². The smallest absolute Gasteiger partial charge is 0.149 e. The van der Waals surface area contributed by atoms with Gasteiger partial charge in [0.05, 0.1) is 6.04 Å². The molecular weight excluding hydrogens is 278 g/mol. The maximum absolute atomic E-state index is 5.79. The van der Waals surface area contributed by atoms with Crippen LogP contribution in [0.1, 0.15) is 32.1 Å². The lowest BCUT2D eigenvalue weighted by Gasteiger charge is -2.19. The lowest BCUT2D eigenvalue weighted by Crippen LogP contribution is -2.16. The molecule has 0 aliphatic heterocycles. The van der Waals surface area contributed by atoms with E-state index in [0.717, 1.165) is 30.2 Å². The van der Waals surface area contributed by atoms with Crippen LogP contribution in [-0.2, 0) is 6.54 Å². The van der Waals surface area contributed by atoms with Crippen LogP contribution in [0.3, 0.4) is 0 Å². The van der Waals surface area contributed by atoms with Crippen molar-refractivity contribution in [2.24, 2.45) is 0 Å². The molecule has 3 aromatic rings. The first-order chi connectivity index (χ1) is 10.7. The van der Waals surface area contributed by atoms with Crippen molar-refractivity contribution < 1.29 is 0 Å². The third kappa shape index (κ3) is 2.45. The zero-order chi connectivity index (χ0) is 15.5. The molecule has 3 aromatic heterocycles. The number of anilines is 1. The monoisotopic (exact) mass is 297 g/mol. The second-order valence-corrected chi connectivity index (χ2v) is 4.99. The van der Waals surface area contributed by atoms with E-state index in [4.69, 9.17) is 5.73 Å². The van der Waals surface area contributed by atoms with Crippen molar-refractivity contribution in [3.8, 4) is 11.4 Å². The first-order valence-corrected chi connectivity index (χ1v) is 7.37. The van der Waals surface area contributed by atoms with E-state index >= 15 is 0 Å². The van der Waals surface area contributed by atoms with Gasteiger partial charge in [-0.15, -0.1) is 0 Å². The third-order valence-corrected chi connectivity index (χ3v) is 3.67. The summed E-state index contributed by atoms with van der Waals surface area (Å²) in [6.45, 7) is 4.98. The van der Waals surface area contributed by atoms with Crippen LogP contribution in [0.4, 0.5) is 5.82 Å². The fourth-order valence-corrected chi connectivity index (χ4v) is 2.65. The number of aromatic nitrogens is 6. The highest BCUT2D eigenvalue weighted by Crippen LogP contribution is 2.27. The highest BCUT2D eigenvalue weighted by Gasteiger charge is 2.20. The van der Waals surface area contributed by atoms with Gasteiger partial charge in [0, 0.05) is 30.7 Å². The maximum atomic E-state index is 5.79. The van der Waals surface area contributed by atoms with E-state index < -0.39 is 0 Å². The van der Waals surface area contributed by atoms with E-state index in [1.54, 1.807) is 18.7 Å². The van der Waals surface area contributed by atoms with Crippen molar-refractivity contribution in [1.29, 1.82) is 0 Å². The molecule has 0 radical (unpaired) electrons. The minimum atomic E-state index is 0.0781. The zero-order valence-corrected chi connectivity index (χ0v) is 12.7. The number of imidazole rings is 1. The zero-order valence-electron chi connectivity index (χ0n) is 12.7. The molecule has 0 spiro atoms. The van der Waals surface area contributed by atoms with Crippen molar-refractivity contribution in [1.82, 2.24) is 29.3 Å². The van der Waals surface area contributed by atoms with E-state index in [1.165, 1.54) is 0 Å². The van der Waals surface area contributed by atoms with Crippen molar-refractivity contribution >= 4 is 5.82 Å². The van der Waals surface area contributed by atoms with Crippen LogP contribution in [0.2, 0.25) is 0 Å². The number of rotatable bonds is 5. The molecule has 22 heavy (non-hydrogen) atoms. The number of nitrogens with two attached hydrogens (primary N) is 1. The number of hydrogen-bond acceptors (Lipinski definition) is 5. The summed E-state index contributed by atoms with van der Waals surface area (Å²) in [7, 11) is 0. The van der Waals surface area contributed by atoms with Gasteiger partial charge in [-0.2, -0.15) is 5.10 Å². The van der Waals surface area contributed by atoms with Crippen LogP contribution in [0.5, 0.6) is 0 Å². The van der Waals surface area contributed by atoms with Crippen molar-refractivity contribution in [3.05, 3.63) is 42.9 Å². The highest BCUT2D eigenvalue weighted by atomic mass is 15.3. The molecule has 2 N–H and O–H groups in total. The van der Waals surface area contributed by atoms with E-state index in [1.807, 2.05) is 23.0 Å². The Labute approximate surface area is 128 Å².